The van der Waals surface area contributed by atoms with E-state index >= 15 is 0 Å². The maximum atomic E-state index is 12.8. The number of hydrogen-bond acceptors (Lipinski definition) is 2. The second-order valence-corrected chi connectivity index (χ2v) is 4.15. The maximum absolute atomic E-state index is 12.8. The van der Waals surface area contributed by atoms with Gasteiger partial charge in [0.1, 0.15) is 5.82 Å². The van der Waals surface area contributed by atoms with Crippen molar-refractivity contribution in [3.8, 4) is 0 Å². The summed E-state index contributed by atoms with van der Waals surface area (Å²) in [7, 11) is 1.65. The van der Waals surface area contributed by atoms with Crippen molar-refractivity contribution in [1.29, 1.82) is 0 Å². The fraction of sp³-hybridized carbons (Fsp3) is 0.500. The molecule has 1 aromatic rings. The molecule has 2 N–H and O–H groups in total. The van der Waals surface area contributed by atoms with E-state index in [-0.39, 0.29) is 11.7 Å². The molecule has 0 saturated carbocycles. The number of methoxy groups -OCH3 is 1. The van der Waals surface area contributed by atoms with Crippen molar-refractivity contribution in [1.82, 2.24) is 0 Å². The normalized spacial score (nSPS) is 17.1. The Kier molecular flexibility index (Phi) is 3.83. The van der Waals surface area contributed by atoms with Gasteiger partial charge in [0.15, 0.2) is 0 Å². The summed E-state index contributed by atoms with van der Waals surface area (Å²) in [5.41, 5.74) is 6.64. The number of rotatable bonds is 4. The minimum Gasteiger partial charge on any atom is -0.384 e. The fourth-order valence-electron chi connectivity index (χ4n) is 1.52. The minimum absolute atomic E-state index is 0.174. The molecule has 15 heavy (non-hydrogen) atoms. The molecule has 0 spiro atoms. The van der Waals surface area contributed by atoms with E-state index in [2.05, 4.69) is 0 Å². The molecule has 0 bridgehead atoms. The number of halogens is 1. The Hall–Kier alpha value is -0.930. The van der Waals surface area contributed by atoms with Crippen molar-refractivity contribution in [2.75, 3.05) is 13.7 Å². The Morgan fingerprint density at radius 3 is 2.40 bits per heavy atom. The van der Waals surface area contributed by atoms with Gasteiger partial charge in [-0.05, 0) is 24.6 Å². The van der Waals surface area contributed by atoms with Crippen LogP contribution in [0.3, 0.4) is 0 Å². The van der Waals surface area contributed by atoms with E-state index in [9.17, 15) is 4.39 Å². The summed E-state index contributed by atoms with van der Waals surface area (Å²) in [6.07, 6.45) is 0. The van der Waals surface area contributed by atoms with Gasteiger partial charge in [0.05, 0.1) is 6.61 Å². The van der Waals surface area contributed by atoms with Gasteiger partial charge in [-0.3, -0.25) is 0 Å². The van der Waals surface area contributed by atoms with Crippen LogP contribution in [0.2, 0.25) is 0 Å². The first-order valence-corrected chi connectivity index (χ1v) is 5.02. The van der Waals surface area contributed by atoms with Crippen molar-refractivity contribution in [2.45, 2.75) is 19.4 Å². The van der Waals surface area contributed by atoms with Crippen LogP contribution in [-0.4, -0.2) is 13.7 Å². The zero-order valence-corrected chi connectivity index (χ0v) is 9.46. The van der Waals surface area contributed by atoms with E-state index in [1.165, 1.54) is 12.1 Å². The largest absolute Gasteiger partial charge is 0.384 e. The van der Waals surface area contributed by atoms with Crippen LogP contribution in [0.4, 0.5) is 4.39 Å². The smallest absolute Gasteiger partial charge is 0.123 e. The lowest BCUT2D eigenvalue weighted by molar-refractivity contribution is 0.121. The first kappa shape index (κ1) is 12.1. The van der Waals surface area contributed by atoms with Crippen LogP contribution < -0.4 is 5.73 Å². The summed E-state index contributed by atoms with van der Waals surface area (Å²) in [6, 6.07) is 6.31. The molecule has 0 saturated heterocycles. The Morgan fingerprint density at radius 1 is 1.40 bits per heavy atom. The Morgan fingerprint density at radius 2 is 1.93 bits per heavy atom. The molecule has 2 atom stereocenters. The van der Waals surface area contributed by atoms with Gasteiger partial charge < -0.3 is 10.5 Å². The van der Waals surface area contributed by atoms with E-state index in [4.69, 9.17) is 10.5 Å². The van der Waals surface area contributed by atoms with Crippen molar-refractivity contribution < 1.29 is 9.13 Å². The lowest BCUT2D eigenvalue weighted by Gasteiger charge is -2.31. The van der Waals surface area contributed by atoms with Gasteiger partial charge in [0, 0.05) is 18.6 Å². The van der Waals surface area contributed by atoms with Gasteiger partial charge in [-0.15, -0.1) is 0 Å². The molecule has 0 aliphatic heterocycles. The van der Waals surface area contributed by atoms with Crippen LogP contribution in [0.15, 0.2) is 24.3 Å². The van der Waals surface area contributed by atoms with E-state index in [1.807, 2.05) is 13.8 Å². The number of benzene rings is 1. The van der Waals surface area contributed by atoms with Crippen LogP contribution in [0.25, 0.3) is 0 Å². The Balaban J connectivity index is 2.89. The quantitative estimate of drug-likeness (QED) is 0.829. The first-order chi connectivity index (χ1) is 6.98. The molecule has 0 radical (unpaired) electrons. The highest BCUT2D eigenvalue weighted by Gasteiger charge is 2.28. The number of ether oxygens (including phenoxy) is 1. The zero-order valence-electron chi connectivity index (χ0n) is 9.46. The summed E-state index contributed by atoms with van der Waals surface area (Å²) in [5, 5.41) is 0. The van der Waals surface area contributed by atoms with E-state index in [1.54, 1.807) is 19.2 Å². The van der Waals surface area contributed by atoms with E-state index in [0.717, 1.165) is 5.56 Å². The molecule has 2 unspecified atom stereocenters. The zero-order chi connectivity index (χ0) is 11.5. The lowest BCUT2D eigenvalue weighted by atomic mass is 9.82. The SMILES string of the molecule is COCC(C)C(C)(N)c1ccc(F)cc1. The summed E-state index contributed by atoms with van der Waals surface area (Å²) in [5.74, 6) is -0.0677. The summed E-state index contributed by atoms with van der Waals surface area (Å²) in [6.45, 7) is 4.54. The predicted molar refractivity (Wildman–Crippen MR) is 59.0 cm³/mol. The molecule has 3 heteroatoms. The van der Waals surface area contributed by atoms with Gasteiger partial charge in [-0.2, -0.15) is 0 Å². The van der Waals surface area contributed by atoms with Crippen LogP contribution in [-0.2, 0) is 10.3 Å². The second kappa shape index (κ2) is 4.73. The van der Waals surface area contributed by atoms with Crippen LogP contribution in [0, 0.1) is 11.7 Å². The average molecular weight is 211 g/mol. The van der Waals surface area contributed by atoms with Crippen molar-refractivity contribution in [3.05, 3.63) is 35.6 Å². The molecule has 0 heterocycles. The number of nitrogens with two attached hydrogens (primary N) is 1. The second-order valence-electron chi connectivity index (χ2n) is 4.15. The first-order valence-electron chi connectivity index (χ1n) is 5.02. The minimum atomic E-state index is -0.496. The van der Waals surface area contributed by atoms with Gasteiger partial charge in [0.2, 0.25) is 0 Å². The van der Waals surface area contributed by atoms with Gasteiger partial charge in [-0.25, -0.2) is 4.39 Å². The molecule has 0 aromatic heterocycles. The third-order valence-corrected chi connectivity index (χ3v) is 2.91. The lowest BCUT2D eigenvalue weighted by Crippen LogP contribution is -2.41. The summed E-state index contributed by atoms with van der Waals surface area (Å²) < 4.78 is 17.8. The third kappa shape index (κ3) is 2.76. The monoisotopic (exact) mass is 211 g/mol. The van der Waals surface area contributed by atoms with Crippen molar-refractivity contribution in [3.63, 3.8) is 0 Å². The van der Waals surface area contributed by atoms with Gasteiger partial charge in [0.25, 0.3) is 0 Å². The molecular formula is C12H18FNO. The van der Waals surface area contributed by atoms with E-state index < -0.39 is 5.54 Å². The fourth-order valence-corrected chi connectivity index (χ4v) is 1.52. The van der Waals surface area contributed by atoms with Crippen molar-refractivity contribution >= 4 is 0 Å². The topological polar surface area (TPSA) is 35.2 Å². The molecule has 0 aliphatic carbocycles. The molecule has 0 aliphatic rings. The molecule has 0 amide bonds. The standard InChI is InChI=1S/C12H18FNO/c1-9(8-15-3)12(2,14)10-4-6-11(13)7-5-10/h4-7,9H,8,14H2,1-3H3. The third-order valence-electron chi connectivity index (χ3n) is 2.91. The molecule has 2 nitrogen and oxygen atoms in total. The Bertz CT molecular complexity index is 308. The molecule has 1 rings (SSSR count). The molecular weight excluding hydrogens is 193 g/mol. The molecule has 84 valence electrons. The van der Waals surface area contributed by atoms with Gasteiger partial charge in [-0.1, -0.05) is 19.1 Å². The molecule has 0 fully saturated rings. The maximum Gasteiger partial charge on any atom is 0.123 e. The Labute approximate surface area is 90.2 Å². The highest BCUT2D eigenvalue weighted by molar-refractivity contribution is 5.24. The highest BCUT2D eigenvalue weighted by Crippen LogP contribution is 2.26. The molecule has 1 aromatic carbocycles. The van der Waals surface area contributed by atoms with E-state index in [0.29, 0.717) is 6.61 Å². The van der Waals surface area contributed by atoms with Crippen LogP contribution in [0.1, 0.15) is 19.4 Å². The van der Waals surface area contributed by atoms with Crippen LogP contribution in [0.5, 0.6) is 0 Å². The van der Waals surface area contributed by atoms with Crippen LogP contribution >= 0.6 is 0 Å². The van der Waals surface area contributed by atoms with Crippen molar-refractivity contribution in [2.24, 2.45) is 11.7 Å². The van der Waals surface area contributed by atoms with Gasteiger partial charge >= 0.3 is 0 Å². The predicted octanol–water partition coefficient (Wildman–Crippen LogP) is 2.28. The number of hydrogen-bond donors (Lipinski definition) is 1. The summed E-state index contributed by atoms with van der Waals surface area (Å²) >= 11 is 0. The highest BCUT2D eigenvalue weighted by atomic mass is 19.1. The summed E-state index contributed by atoms with van der Waals surface area (Å²) in [4.78, 5) is 0. The average Bonchev–Trinajstić information content (AvgIpc) is 2.18.